The molecule has 7 nitrogen and oxygen atoms in total. The predicted molar refractivity (Wildman–Crippen MR) is 95.1 cm³/mol. The number of carbonyl (C=O) groups excluding carboxylic acids is 1. The highest BCUT2D eigenvalue weighted by molar-refractivity contribution is 7.92. The van der Waals surface area contributed by atoms with Crippen LogP contribution >= 0.6 is 11.6 Å². The summed E-state index contributed by atoms with van der Waals surface area (Å²) >= 11 is 6.05. The van der Waals surface area contributed by atoms with E-state index in [0.717, 1.165) is 0 Å². The van der Waals surface area contributed by atoms with E-state index in [1.807, 2.05) is 0 Å². The molecule has 2 aromatic carbocycles. The van der Waals surface area contributed by atoms with Crippen LogP contribution < -0.4 is 19.3 Å². The topological polar surface area (TPSA) is 105 Å². The van der Waals surface area contributed by atoms with Crippen molar-refractivity contribution in [1.29, 1.82) is 0 Å². The molecule has 9 heteroatoms. The average Bonchev–Trinajstić information content (AvgIpc) is 2.60. The number of nitrogens with one attached hydrogen (secondary N) is 1. The van der Waals surface area contributed by atoms with Gasteiger partial charge in [0.25, 0.3) is 10.0 Å². The van der Waals surface area contributed by atoms with Crippen LogP contribution in [0.4, 0.5) is 5.69 Å². The van der Waals surface area contributed by atoms with E-state index in [9.17, 15) is 18.3 Å². The summed E-state index contributed by atoms with van der Waals surface area (Å²) in [6, 6.07) is 8.76. The number of methoxy groups -OCH3 is 2. The predicted octanol–water partition coefficient (Wildman–Crippen LogP) is 1.84. The van der Waals surface area contributed by atoms with Gasteiger partial charge >= 0.3 is 0 Å². The quantitative estimate of drug-likeness (QED) is 0.727. The van der Waals surface area contributed by atoms with Crippen LogP contribution in [0.1, 0.15) is 12.0 Å². The molecule has 0 radical (unpaired) electrons. The molecule has 0 aromatic heterocycles. The lowest BCUT2D eigenvalue weighted by atomic mass is 10.1. The van der Waals surface area contributed by atoms with Gasteiger partial charge in [-0.05, 0) is 36.6 Å². The van der Waals surface area contributed by atoms with E-state index in [1.54, 1.807) is 12.1 Å². The zero-order valence-electron chi connectivity index (χ0n) is 14.1. The summed E-state index contributed by atoms with van der Waals surface area (Å²) in [4.78, 5) is 10.5. The summed E-state index contributed by atoms with van der Waals surface area (Å²) < 4.78 is 37.8. The Hall–Kier alpha value is -2.45. The molecule has 0 aliphatic carbocycles. The minimum absolute atomic E-state index is 0.0173. The van der Waals surface area contributed by atoms with E-state index >= 15 is 0 Å². The molecule has 1 N–H and O–H groups in total. The molecule has 2 rings (SSSR count). The maximum Gasteiger partial charge on any atom is 0.262 e. The van der Waals surface area contributed by atoms with Gasteiger partial charge in [0.15, 0.2) is 0 Å². The number of carbonyl (C=O) groups is 1. The van der Waals surface area contributed by atoms with E-state index in [2.05, 4.69) is 4.72 Å². The van der Waals surface area contributed by atoms with Gasteiger partial charge in [-0.1, -0.05) is 23.7 Å². The summed E-state index contributed by atoms with van der Waals surface area (Å²) in [5, 5.41) is 10.7. The van der Waals surface area contributed by atoms with Crippen LogP contribution in [0.5, 0.6) is 11.5 Å². The van der Waals surface area contributed by atoms with Crippen molar-refractivity contribution < 1.29 is 27.8 Å². The SMILES string of the molecule is COc1cc(OC)c(NS(=O)(=O)c2ccc(CCC(=O)[O-])cc2)cc1Cl. The summed E-state index contributed by atoms with van der Waals surface area (Å²) in [5.41, 5.74) is 0.859. The number of anilines is 1. The average molecular weight is 399 g/mol. The van der Waals surface area contributed by atoms with Crippen LogP contribution in [0.3, 0.4) is 0 Å². The summed E-state index contributed by atoms with van der Waals surface area (Å²) in [5.74, 6) is -0.559. The molecule has 140 valence electrons. The van der Waals surface area contributed by atoms with Crippen molar-refractivity contribution in [2.45, 2.75) is 17.7 Å². The molecule has 0 saturated carbocycles. The van der Waals surface area contributed by atoms with Crippen LogP contribution in [0.25, 0.3) is 0 Å². The van der Waals surface area contributed by atoms with Gasteiger partial charge in [0, 0.05) is 12.0 Å². The number of halogens is 1. The van der Waals surface area contributed by atoms with Gasteiger partial charge in [-0.25, -0.2) is 8.42 Å². The largest absolute Gasteiger partial charge is 0.550 e. The smallest absolute Gasteiger partial charge is 0.262 e. The minimum atomic E-state index is -3.89. The first-order valence-corrected chi connectivity index (χ1v) is 9.36. The molecule has 26 heavy (non-hydrogen) atoms. The van der Waals surface area contributed by atoms with Crippen LogP contribution in [-0.2, 0) is 21.2 Å². The third-order valence-electron chi connectivity index (χ3n) is 3.57. The molecule has 0 aliphatic rings. The Morgan fingerprint density at radius 2 is 1.73 bits per heavy atom. The van der Waals surface area contributed by atoms with Gasteiger partial charge in [0.1, 0.15) is 11.5 Å². The van der Waals surface area contributed by atoms with Crippen molar-refractivity contribution in [3.63, 3.8) is 0 Å². The van der Waals surface area contributed by atoms with Crippen molar-refractivity contribution in [3.8, 4) is 11.5 Å². The van der Waals surface area contributed by atoms with Gasteiger partial charge in [-0.2, -0.15) is 0 Å². The lowest BCUT2D eigenvalue weighted by molar-refractivity contribution is -0.305. The Kier molecular flexibility index (Phi) is 6.33. The van der Waals surface area contributed by atoms with Crippen molar-refractivity contribution >= 4 is 33.3 Å². The monoisotopic (exact) mass is 398 g/mol. The zero-order valence-corrected chi connectivity index (χ0v) is 15.7. The Labute approximate surface area is 156 Å². The maximum atomic E-state index is 12.6. The van der Waals surface area contributed by atoms with E-state index in [4.69, 9.17) is 21.1 Å². The molecular formula is C17H17ClNO6S-. The lowest BCUT2D eigenvalue weighted by Gasteiger charge is -2.14. The fraction of sp³-hybridized carbons (Fsp3) is 0.235. The molecule has 0 atom stereocenters. The Bertz CT molecular complexity index is 896. The Balaban J connectivity index is 2.26. The molecule has 0 heterocycles. The lowest BCUT2D eigenvalue weighted by Crippen LogP contribution is -2.22. The molecule has 0 saturated heterocycles. The molecular weight excluding hydrogens is 382 g/mol. The molecule has 0 unspecified atom stereocenters. The van der Waals surface area contributed by atoms with E-state index in [-0.39, 0.29) is 34.2 Å². The number of carboxylic acid groups (broad SMARTS) is 1. The second-order valence-corrected chi connectivity index (χ2v) is 7.40. The van der Waals surface area contributed by atoms with Crippen LogP contribution in [0.2, 0.25) is 5.02 Å². The van der Waals surface area contributed by atoms with E-state index in [0.29, 0.717) is 11.3 Å². The first-order chi connectivity index (χ1) is 12.3. The first kappa shape index (κ1) is 19.9. The summed E-state index contributed by atoms with van der Waals surface area (Å²) in [7, 11) is -1.06. The van der Waals surface area contributed by atoms with Gasteiger partial charge < -0.3 is 19.4 Å². The second kappa shape index (κ2) is 8.29. The Morgan fingerprint density at radius 1 is 1.12 bits per heavy atom. The van der Waals surface area contributed by atoms with Gasteiger partial charge in [0.2, 0.25) is 0 Å². The number of hydrogen-bond acceptors (Lipinski definition) is 6. The minimum Gasteiger partial charge on any atom is -0.550 e. The van der Waals surface area contributed by atoms with E-state index in [1.165, 1.54) is 38.5 Å². The fourth-order valence-electron chi connectivity index (χ4n) is 2.23. The summed E-state index contributed by atoms with van der Waals surface area (Å²) in [6.45, 7) is 0. The number of benzene rings is 2. The molecule has 0 spiro atoms. The zero-order chi connectivity index (χ0) is 19.3. The normalized spacial score (nSPS) is 11.0. The van der Waals surface area contributed by atoms with Crippen molar-refractivity contribution in [2.75, 3.05) is 18.9 Å². The number of ether oxygens (including phenoxy) is 2. The van der Waals surface area contributed by atoms with Crippen molar-refractivity contribution in [1.82, 2.24) is 0 Å². The number of rotatable bonds is 8. The third kappa shape index (κ3) is 4.80. The standard InChI is InChI=1S/C17H18ClNO6S/c1-24-15-10-16(25-2)14(9-13(15)18)19-26(22,23)12-6-3-11(4-7-12)5-8-17(20)21/h3-4,6-7,9-10,19H,5,8H2,1-2H3,(H,20,21)/p-1. The number of aliphatic carboxylic acids is 1. The second-order valence-electron chi connectivity index (χ2n) is 5.31. The molecule has 0 aliphatic heterocycles. The van der Waals surface area contributed by atoms with Crippen LogP contribution in [0.15, 0.2) is 41.3 Å². The van der Waals surface area contributed by atoms with Crippen LogP contribution in [0, 0.1) is 0 Å². The highest BCUT2D eigenvalue weighted by atomic mass is 35.5. The molecule has 2 aromatic rings. The molecule has 0 bridgehead atoms. The third-order valence-corrected chi connectivity index (χ3v) is 5.25. The van der Waals surface area contributed by atoms with E-state index < -0.39 is 16.0 Å². The molecule has 0 amide bonds. The van der Waals surface area contributed by atoms with Gasteiger partial charge in [0.05, 0.1) is 29.8 Å². The van der Waals surface area contributed by atoms with Gasteiger partial charge in [-0.15, -0.1) is 0 Å². The number of carboxylic acids is 1. The van der Waals surface area contributed by atoms with Crippen LogP contribution in [-0.4, -0.2) is 28.6 Å². The first-order valence-electron chi connectivity index (χ1n) is 7.50. The highest BCUT2D eigenvalue weighted by Crippen LogP contribution is 2.36. The van der Waals surface area contributed by atoms with Crippen molar-refractivity contribution in [3.05, 3.63) is 47.0 Å². The molecule has 0 fully saturated rings. The Morgan fingerprint density at radius 3 is 2.27 bits per heavy atom. The fourth-order valence-corrected chi connectivity index (χ4v) is 3.53. The van der Waals surface area contributed by atoms with Crippen molar-refractivity contribution in [2.24, 2.45) is 0 Å². The maximum absolute atomic E-state index is 12.6. The van der Waals surface area contributed by atoms with Gasteiger partial charge in [-0.3, -0.25) is 4.72 Å². The number of aryl methyl sites for hydroxylation is 1. The highest BCUT2D eigenvalue weighted by Gasteiger charge is 2.18. The number of hydrogen-bond donors (Lipinski definition) is 1. The number of sulfonamides is 1. The summed E-state index contributed by atoms with van der Waals surface area (Å²) in [6.07, 6.45) is 0.129.